The molecule has 8 heteroatoms. The lowest BCUT2D eigenvalue weighted by molar-refractivity contribution is 0.0533. The van der Waals surface area contributed by atoms with Crippen LogP contribution < -0.4 is 15.9 Å². The van der Waals surface area contributed by atoms with Crippen molar-refractivity contribution in [3.63, 3.8) is 0 Å². The van der Waals surface area contributed by atoms with Gasteiger partial charge in [0, 0.05) is 26.2 Å². The molecule has 1 aromatic heterocycles. The van der Waals surface area contributed by atoms with Crippen molar-refractivity contribution >= 4 is 28.0 Å². The van der Waals surface area contributed by atoms with Crippen molar-refractivity contribution in [2.75, 3.05) is 58.1 Å². The quantitative estimate of drug-likeness (QED) is 0.787. The fourth-order valence-corrected chi connectivity index (χ4v) is 3.12. The Kier molecular flexibility index (Phi) is 5.27. The summed E-state index contributed by atoms with van der Waals surface area (Å²) in [5, 5.41) is 2.84. The number of nitrogens with zero attached hydrogens (tertiary/aromatic N) is 2. The van der Waals surface area contributed by atoms with Crippen molar-refractivity contribution in [3.05, 3.63) is 4.88 Å². The van der Waals surface area contributed by atoms with Gasteiger partial charge in [0.2, 0.25) is 0 Å². The van der Waals surface area contributed by atoms with E-state index in [2.05, 4.69) is 22.4 Å². The van der Waals surface area contributed by atoms with Gasteiger partial charge in [-0.3, -0.25) is 0 Å². The normalized spacial score (nSPS) is 16.7. The van der Waals surface area contributed by atoms with Crippen LogP contribution in [0, 0.1) is 0 Å². The number of thiophene rings is 1. The van der Waals surface area contributed by atoms with Crippen LogP contribution in [0.2, 0.25) is 0 Å². The minimum absolute atomic E-state index is 0.319. The maximum atomic E-state index is 11.9. The molecule has 0 atom stereocenters. The number of hydrogen-bond donors (Lipinski definition) is 2. The van der Waals surface area contributed by atoms with Crippen molar-refractivity contribution in [3.8, 4) is 5.75 Å². The predicted octanol–water partition coefficient (Wildman–Crippen LogP) is 1.09. The summed E-state index contributed by atoms with van der Waals surface area (Å²) in [4.78, 5) is 14.5. The van der Waals surface area contributed by atoms with Crippen molar-refractivity contribution in [1.29, 1.82) is 0 Å². The summed E-state index contributed by atoms with van der Waals surface area (Å²) in [5.74, 6) is 0.0895. The molecule has 1 aliphatic heterocycles. The number of ether oxygens (including phenoxy) is 2. The number of methoxy groups -OCH3 is 1. The van der Waals surface area contributed by atoms with Gasteiger partial charge in [-0.25, -0.2) is 9.80 Å². The zero-order valence-electron chi connectivity index (χ0n) is 12.6. The predicted molar refractivity (Wildman–Crippen MR) is 83.9 cm³/mol. The number of piperazine rings is 1. The Morgan fingerprint density at radius 1 is 1.38 bits per heavy atom. The molecule has 2 heterocycles. The molecular weight excluding hydrogens is 292 g/mol. The fraction of sp³-hybridized carbons (Fsp3) is 0.615. The maximum Gasteiger partial charge on any atom is 0.350 e. The van der Waals surface area contributed by atoms with E-state index in [4.69, 9.17) is 15.2 Å². The minimum Gasteiger partial charge on any atom is -0.491 e. The van der Waals surface area contributed by atoms with Crippen molar-refractivity contribution in [2.24, 2.45) is 0 Å². The lowest BCUT2D eigenvalue weighted by atomic mass is 10.3. The molecule has 0 unspecified atom stereocenters. The Bertz CT molecular complexity index is 498. The number of rotatable bonds is 5. The summed E-state index contributed by atoms with van der Waals surface area (Å²) in [6.45, 7) is 5.85. The summed E-state index contributed by atoms with van der Waals surface area (Å²) in [6, 6.07) is 0. The molecule has 0 saturated carbocycles. The standard InChI is InChI=1S/C13H22N4O3S/c1-4-20-13(18)11-9(14)10(19-3)12(21-11)15-17-7-5-16(2)6-8-17/h15H,4-8,14H2,1-3H3. The number of nitrogens with two attached hydrogens (primary N) is 1. The highest BCUT2D eigenvalue weighted by Gasteiger charge is 2.24. The Morgan fingerprint density at radius 2 is 2.05 bits per heavy atom. The molecule has 0 spiro atoms. The number of carbonyl (C=O) groups is 1. The molecule has 3 N–H and O–H groups in total. The molecule has 7 nitrogen and oxygen atoms in total. The van der Waals surface area contributed by atoms with E-state index in [0.29, 0.717) is 22.9 Å². The van der Waals surface area contributed by atoms with Gasteiger partial charge in [0.25, 0.3) is 0 Å². The number of nitrogens with one attached hydrogen (secondary N) is 1. The van der Waals surface area contributed by atoms with Crippen LogP contribution in [0.15, 0.2) is 0 Å². The first-order valence-electron chi connectivity index (χ1n) is 6.90. The summed E-state index contributed by atoms with van der Waals surface area (Å²) >= 11 is 1.26. The number of esters is 1. The number of nitrogen functional groups attached to an aromatic ring is 1. The fourth-order valence-electron chi connectivity index (χ4n) is 2.12. The molecule has 118 valence electrons. The third kappa shape index (κ3) is 3.58. The van der Waals surface area contributed by atoms with Crippen molar-refractivity contribution in [1.82, 2.24) is 9.91 Å². The van der Waals surface area contributed by atoms with Gasteiger partial charge in [-0.1, -0.05) is 0 Å². The Morgan fingerprint density at radius 3 is 2.62 bits per heavy atom. The van der Waals surface area contributed by atoms with E-state index in [0.717, 1.165) is 31.2 Å². The highest BCUT2D eigenvalue weighted by Crippen LogP contribution is 2.43. The van der Waals surface area contributed by atoms with Gasteiger partial charge in [0.15, 0.2) is 5.75 Å². The van der Waals surface area contributed by atoms with Crippen LogP contribution in [0.1, 0.15) is 16.6 Å². The summed E-state index contributed by atoms with van der Waals surface area (Å²) in [6.07, 6.45) is 0. The maximum absolute atomic E-state index is 11.9. The second-order valence-electron chi connectivity index (χ2n) is 4.83. The van der Waals surface area contributed by atoms with Crippen LogP contribution in [0.4, 0.5) is 10.7 Å². The first-order valence-corrected chi connectivity index (χ1v) is 7.72. The topological polar surface area (TPSA) is 80.1 Å². The van der Waals surface area contributed by atoms with E-state index in [-0.39, 0.29) is 0 Å². The number of anilines is 2. The van der Waals surface area contributed by atoms with E-state index in [9.17, 15) is 4.79 Å². The molecule has 0 amide bonds. The first-order chi connectivity index (χ1) is 10.1. The van der Waals surface area contributed by atoms with E-state index in [1.165, 1.54) is 11.3 Å². The lowest BCUT2D eigenvalue weighted by Gasteiger charge is -2.32. The zero-order valence-corrected chi connectivity index (χ0v) is 13.5. The van der Waals surface area contributed by atoms with Crippen LogP contribution in [0.3, 0.4) is 0 Å². The van der Waals surface area contributed by atoms with Gasteiger partial charge in [0.05, 0.1) is 13.7 Å². The first kappa shape index (κ1) is 15.9. The Balaban J connectivity index is 2.15. The molecule has 1 fully saturated rings. The van der Waals surface area contributed by atoms with Gasteiger partial charge in [-0.15, -0.1) is 11.3 Å². The van der Waals surface area contributed by atoms with Gasteiger partial charge in [-0.05, 0) is 14.0 Å². The van der Waals surface area contributed by atoms with E-state index >= 15 is 0 Å². The molecule has 0 aliphatic carbocycles. The summed E-state index contributed by atoms with van der Waals surface area (Å²) in [5.41, 5.74) is 9.61. The summed E-state index contributed by atoms with van der Waals surface area (Å²) in [7, 11) is 3.64. The number of hydrazine groups is 1. The molecule has 0 aromatic carbocycles. The number of hydrogen-bond acceptors (Lipinski definition) is 8. The van der Waals surface area contributed by atoms with Crippen LogP contribution >= 0.6 is 11.3 Å². The van der Waals surface area contributed by atoms with Crippen molar-refractivity contribution < 1.29 is 14.3 Å². The smallest absolute Gasteiger partial charge is 0.350 e. The highest BCUT2D eigenvalue weighted by molar-refractivity contribution is 7.19. The van der Waals surface area contributed by atoms with Crippen LogP contribution in [-0.2, 0) is 4.74 Å². The van der Waals surface area contributed by atoms with Gasteiger partial charge < -0.3 is 25.5 Å². The SMILES string of the molecule is CCOC(=O)c1sc(NN2CCN(C)CC2)c(OC)c1N. The van der Waals surface area contributed by atoms with Gasteiger partial charge in [0.1, 0.15) is 15.6 Å². The molecule has 1 aliphatic rings. The summed E-state index contributed by atoms with van der Waals surface area (Å²) < 4.78 is 10.3. The van der Waals surface area contributed by atoms with Crippen molar-refractivity contribution in [2.45, 2.75) is 6.92 Å². The Labute approximate surface area is 128 Å². The second-order valence-corrected chi connectivity index (χ2v) is 5.85. The minimum atomic E-state index is -0.412. The third-order valence-corrected chi connectivity index (χ3v) is 4.40. The average Bonchev–Trinajstić information content (AvgIpc) is 2.78. The monoisotopic (exact) mass is 314 g/mol. The molecule has 2 rings (SSSR count). The largest absolute Gasteiger partial charge is 0.491 e. The number of likely N-dealkylation sites (N-methyl/N-ethyl adjacent to an activating group) is 1. The molecule has 0 radical (unpaired) electrons. The molecule has 21 heavy (non-hydrogen) atoms. The van der Waals surface area contributed by atoms with Gasteiger partial charge in [-0.2, -0.15) is 0 Å². The van der Waals surface area contributed by atoms with E-state index in [1.807, 2.05) is 0 Å². The molecule has 0 bridgehead atoms. The van der Waals surface area contributed by atoms with Crippen LogP contribution in [0.5, 0.6) is 5.75 Å². The van der Waals surface area contributed by atoms with E-state index < -0.39 is 5.97 Å². The van der Waals surface area contributed by atoms with Crippen LogP contribution in [-0.4, -0.2) is 62.8 Å². The van der Waals surface area contributed by atoms with E-state index in [1.54, 1.807) is 14.0 Å². The molecule has 1 aromatic rings. The zero-order chi connectivity index (χ0) is 15.4. The lowest BCUT2D eigenvalue weighted by Crippen LogP contribution is -2.46. The van der Waals surface area contributed by atoms with Crippen LogP contribution in [0.25, 0.3) is 0 Å². The molecular formula is C13H22N4O3S. The average molecular weight is 314 g/mol. The number of carbonyl (C=O) groups excluding carboxylic acids is 1. The molecule has 1 saturated heterocycles. The highest BCUT2D eigenvalue weighted by atomic mass is 32.1. The van der Waals surface area contributed by atoms with Gasteiger partial charge >= 0.3 is 5.97 Å². The third-order valence-electron chi connectivity index (χ3n) is 3.33. The second kappa shape index (κ2) is 6.97. The Hall–Kier alpha value is -1.51.